The zero-order chi connectivity index (χ0) is 11.8. The van der Waals surface area contributed by atoms with Crippen LogP contribution in [0.5, 0.6) is 0 Å². The van der Waals surface area contributed by atoms with Crippen molar-refractivity contribution in [3.63, 3.8) is 0 Å². The van der Waals surface area contributed by atoms with E-state index in [1.165, 1.54) is 6.07 Å². The molecule has 0 bridgehead atoms. The summed E-state index contributed by atoms with van der Waals surface area (Å²) in [5, 5.41) is 9.82. The van der Waals surface area contributed by atoms with Crippen molar-refractivity contribution in [1.82, 2.24) is 0 Å². The molecule has 1 aliphatic carbocycles. The van der Waals surface area contributed by atoms with Crippen molar-refractivity contribution >= 4 is 11.6 Å². The van der Waals surface area contributed by atoms with Crippen molar-refractivity contribution in [2.24, 2.45) is 5.73 Å². The lowest BCUT2D eigenvalue weighted by Gasteiger charge is -2.36. The first-order valence-electron chi connectivity index (χ1n) is 5.44. The van der Waals surface area contributed by atoms with E-state index in [-0.39, 0.29) is 11.9 Å². The minimum Gasteiger partial charge on any atom is -0.393 e. The molecule has 3 N–H and O–H groups in total. The Hall–Kier alpha value is -0.640. The van der Waals surface area contributed by atoms with E-state index in [9.17, 15) is 9.50 Å². The van der Waals surface area contributed by atoms with Crippen LogP contribution in [0.15, 0.2) is 18.2 Å². The second kappa shape index (κ2) is 4.32. The summed E-state index contributed by atoms with van der Waals surface area (Å²) in [6, 6.07) is 4.60. The van der Waals surface area contributed by atoms with Gasteiger partial charge in [0.1, 0.15) is 5.82 Å². The van der Waals surface area contributed by atoms with E-state index >= 15 is 0 Å². The molecule has 4 heteroatoms. The second-order valence-electron chi connectivity index (χ2n) is 4.48. The fourth-order valence-corrected chi connectivity index (χ4v) is 2.69. The molecule has 1 aromatic rings. The minimum absolute atomic E-state index is 0.317. The predicted octanol–water partition coefficient (Wildman–Crippen LogP) is 2.57. The molecule has 0 amide bonds. The van der Waals surface area contributed by atoms with Crippen LogP contribution in [0.4, 0.5) is 4.39 Å². The number of benzene rings is 1. The minimum atomic E-state index is -0.734. The van der Waals surface area contributed by atoms with Gasteiger partial charge in [0.25, 0.3) is 0 Å². The van der Waals surface area contributed by atoms with Crippen LogP contribution in [0.1, 0.15) is 31.2 Å². The summed E-state index contributed by atoms with van der Waals surface area (Å²) in [5.41, 5.74) is 5.87. The third-order valence-corrected chi connectivity index (χ3v) is 3.62. The Morgan fingerprint density at radius 3 is 2.56 bits per heavy atom. The Balaban J connectivity index is 2.36. The van der Waals surface area contributed by atoms with Gasteiger partial charge < -0.3 is 10.8 Å². The van der Waals surface area contributed by atoms with Crippen LogP contribution < -0.4 is 5.73 Å². The van der Waals surface area contributed by atoms with Gasteiger partial charge in [0, 0.05) is 16.1 Å². The summed E-state index contributed by atoms with van der Waals surface area (Å²) in [5.74, 6) is -0.355. The van der Waals surface area contributed by atoms with Crippen LogP contribution in [0.25, 0.3) is 0 Å². The van der Waals surface area contributed by atoms with Crippen molar-refractivity contribution in [1.29, 1.82) is 0 Å². The molecule has 0 radical (unpaired) electrons. The molecular formula is C12H15ClFNO. The third kappa shape index (κ3) is 2.08. The Labute approximate surface area is 99.2 Å². The van der Waals surface area contributed by atoms with Crippen LogP contribution in [0.2, 0.25) is 5.02 Å². The fourth-order valence-electron chi connectivity index (χ4n) is 2.34. The molecule has 0 saturated heterocycles. The molecule has 2 nitrogen and oxygen atoms in total. The molecule has 2 rings (SSSR count). The first-order valence-corrected chi connectivity index (χ1v) is 5.82. The molecule has 1 aromatic carbocycles. The number of nitrogens with two attached hydrogens (primary N) is 1. The van der Waals surface area contributed by atoms with Gasteiger partial charge >= 0.3 is 0 Å². The van der Waals surface area contributed by atoms with Crippen LogP contribution in [0, 0.1) is 5.82 Å². The van der Waals surface area contributed by atoms with Gasteiger partial charge in [-0.1, -0.05) is 17.7 Å². The Kier molecular flexibility index (Phi) is 3.19. The standard InChI is InChI=1S/C12H15ClFNO/c13-9-2-1-3-10(14)11(9)12(15)6-4-8(16)5-7-12/h1-3,8,16H,4-7,15H2. The highest BCUT2D eigenvalue weighted by Crippen LogP contribution is 2.39. The first kappa shape index (κ1) is 11.8. The molecule has 0 atom stereocenters. The predicted molar refractivity (Wildman–Crippen MR) is 61.8 cm³/mol. The van der Waals surface area contributed by atoms with Crippen molar-refractivity contribution in [3.8, 4) is 0 Å². The average molecular weight is 244 g/mol. The van der Waals surface area contributed by atoms with Gasteiger partial charge in [0.15, 0.2) is 0 Å². The van der Waals surface area contributed by atoms with Crippen molar-refractivity contribution in [2.75, 3.05) is 0 Å². The number of halogens is 2. The van der Waals surface area contributed by atoms with E-state index < -0.39 is 5.54 Å². The Morgan fingerprint density at radius 1 is 1.38 bits per heavy atom. The summed E-state index contributed by atoms with van der Waals surface area (Å²) in [7, 11) is 0. The van der Waals surface area contributed by atoms with E-state index in [0.717, 1.165) is 0 Å². The summed E-state index contributed by atoms with van der Waals surface area (Å²) in [6.45, 7) is 0. The van der Waals surface area contributed by atoms with Gasteiger partial charge in [-0.05, 0) is 37.8 Å². The van der Waals surface area contributed by atoms with Crippen LogP contribution in [-0.2, 0) is 5.54 Å². The quantitative estimate of drug-likeness (QED) is 0.796. The highest BCUT2D eigenvalue weighted by Gasteiger charge is 2.36. The summed E-state index contributed by atoms with van der Waals surface area (Å²) in [4.78, 5) is 0. The summed E-state index contributed by atoms with van der Waals surface area (Å²) < 4.78 is 13.8. The summed E-state index contributed by atoms with van der Waals surface area (Å²) >= 11 is 6.01. The number of aliphatic hydroxyl groups excluding tert-OH is 1. The first-order chi connectivity index (χ1) is 7.53. The highest BCUT2D eigenvalue weighted by atomic mass is 35.5. The van der Waals surface area contributed by atoms with Gasteiger partial charge in [0.2, 0.25) is 0 Å². The molecule has 0 unspecified atom stereocenters. The van der Waals surface area contributed by atoms with Crippen molar-refractivity contribution < 1.29 is 9.50 Å². The molecule has 0 spiro atoms. The average Bonchev–Trinajstić information content (AvgIpc) is 2.23. The molecule has 1 fully saturated rings. The number of hydrogen-bond donors (Lipinski definition) is 2. The molecule has 0 aromatic heterocycles. The lowest BCUT2D eigenvalue weighted by molar-refractivity contribution is 0.0957. The SMILES string of the molecule is NC1(c2c(F)cccc2Cl)CCC(O)CC1. The zero-order valence-electron chi connectivity index (χ0n) is 8.92. The number of aliphatic hydroxyl groups is 1. The Morgan fingerprint density at radius 2 is 2.00 bits per heavy atom. The number of rotatable bonds is 1. The third-order valence-electron chi connectivity index (χ3n) is 3.31. The maximum Gasteiger partial charge on any atom is 0.129 e. The molecule has 0 aliphatic heterocycles. The Bertz CT molecular complexity index is 368. The largest absolute Gasteiger partial charge is 0.393 e. The van der Waals surface area contributed by atoms with Gasteiger partial charge in [0.05, 0.1) is 6.10 Å². The highest BCUT2D eigenvalue weighted by molar-refractivity contribution is 6.31. The topological polar surface area (TPSA) is 46.2 Å². The lowest BCUT2D eigenvalue weighted by atomic mass is 9.76. The molecule has 1 saturated carbocycles. The van der Waals surface area contributed by atoms with Crippen molar-refractivity contribution in [3.05, 3.63) is 34.6 Å². The van der Waals surface area contributed by atoms with Gasteiger partial charge in [-0.2, -0.15) is 0 Å². The van der Waals surface area contributed by atoms with Crippen LogP contribution in [0.3, 0.4) is 0 Å². The maximum atomic E-state index is 13.8. The van der Waals surface area contributed by atoms with Gasteiger partial charge in [-0.25, -0.2) is 4.39 Å². The summed E-state index contributed by atoms with van der Waals surface area (Å²) in [6.07, 6.45) is 2.01. The normalized spacial score (nSPS) is 30.4. The van der Waals surface area contributed by atoms with E-state index in [1.807, 2.05) is 0 Å². The van der Waals surface area contributed by atoms with E-state index in [0.29, 0.717) is 36.3 Å². The molecule has 0 heterocycles. The van der Waals surface area contributed by atoms with Crippen LogP contribution in [-0.4, -0.2) is 11.2 Å². The van der Waals surface area contributed by atoms with E-state index in [2.05, 4.69) is 0 Å². The molecule has 16 heavy (non-hydrogen) atoms. The van der Waals surface area contributed by atoms with E-state index in [4.69, 9.17) is 17.3 Å². The lowest BCUT2D eigenvalue weighted by Crippen LogP contribution is -2.42. The zero-order valence-corrected chi connectivity index (χ0v) is 9.67. The van der Waals surface area contributed by atoms with Crippen LogP contribution >= 0.6 is 11.6 Å². The maximum absolute atomic E-state index is 13.8. The molecular weight excluding hydrogens is 229 g/mol. The van der Waals surface area contributed by atoms with Gasteiger partial charge in [-0.3, -0.25) is 0 Å². The number of hydrogen-bond acceptors (Lipinski definition) is 2. The van der Waals surface area contributed by atoms with Crippen molar-refractivity contribution in [2.45, 2.75) is 37.3 Å². The van der Waals surface area contributed by atoms with E-state index in [1.54, 1.807) is 12.1 Å². The fraction of sp³-hybridized carbons (Fsp3) is 0.500. The monoisotopic (exact) mass is 243 g/mol. The molecule has 88 valence electrons. The smallest absolute Gasteiger partial charge is 0.129 e. The second-order valence-corrected chi connectivity index (χ2v) is 4.89. The molecule has 1 aliphatic rings. The van der Waals surface area contributed by atoms with Gasteiger partial charge in [-0.15, -0.1) is 0 Å².